The van der Waals surface area contributed by atoms with Crippen LogP contribution in [0.3, 0.4) is 0 Å². The van der Waals surface area contributed by atoms with Gasteiger partial charge in [-0.3, -0.25) is 9.89 Å². The molecule has 1 aromatic heterocycles. The first kappa shape index (κ1) is 25.0. The number of aliphatic imine (C=N–C) groups is 1. The second kappa shape index (κ2) is 12.6. The molecule has 2 heterocycles. The molecule has 1 aromatic carbocycles. The first-order valence-corrected chi connectivity index (χ1v) is 11.6. The maximum absolute atomic E-state index is 5.61. The third kappa shape index (κ3) is 6.45. The third-order valence-electron chi connectivity index (χ3n) is 6.69. The fourth-order valence-corrected chi connectivity index (χ4v) is 4.92. The molecule has 4 rings (SSSR count). The van der Waals surface area contributed by atoms with Crippen LogP contribution in [0.2, 0.25) is 0 Å². The highest BCUT2D eigenvalue weighted by molar-refractivity contribution is 14.0. The number of halogens is 1. The largest absolute Gasteiger partial charge is 0.379 e. The average molecular weight is 553 g/mol. The molecule has 1 aliphatic carbocycles. The van der Waals surface area contributed by atoms with E-state index in [0.29, 0.717) is 6.54 Å². The molecule has 1 saturated carbocycles. The molecule has 32 heavy (non-hydrogen) atoms. The lowest BCUT2D eigenvalue weighted by atomic mass is 9.80. The molecule has 8 heteroatoms. The van der Waals surface area contributed by atoms with Gasteiger partial charge >= 0.3 is 0 Å². The van der Waals surface area contributed by atoms with Crippen LogP contribution in [0, 0.1) is 0 Å². The first-order valence-electron chi connectivity index (χ1n) is 11.6. The zero-order valence-corrected chi connectivity index (χ0v) is 21.5. The van der Waals surface area contributed by atoms with Crippen molar-refractivity contribution in [2.45, 2.75) is 50.7 Å². The third-order valence-corrected chi connectivity index (χ3v) is 6.69. The van der Waals surface area contributed by atoms with E-state index in [2.05, 4.69) is 54.3 Å². The Morgan fingerprint density at radius 1 is 1.09 bits per heavy atom. The molecule has 0 amide bonds. The van der Waals surface area contributed by atoms with E-state index in [0.717, 1.165) is 51.2 Å². The van der Waals surface area contributed by atoms with E-state index in [-0.39, 0.29) is 29.5 Å². The molecule has 0 bridgehead atoms. The van der Waals surface area contributed by atoms with Gasteiger partial charge in [0.1, 0.15) is 5.82 Å². The summed E-state index contributed by atoms with van der Waals surface area (Å²) >= 11 is 0. The predicted octanol–water partition coefficient (Wildman–Crippen LogP) is 3.25. The van der Waals surface area contributed by atoms with Crippen LogP contribution in [0.15, 0.2) is 47.7 Å². The Bertz CT molecular complexity index is 828. The highest BCUT2D eigenvalue weighted by Crippen LogP contribution is 2.33. The number of aromatic nitrogens is 2. The van der Waals surface area contributed by atoms with Crippen molar-refractivity contribution >= 4 is 29.9 Å². The number of rotatable bonds is 7. The SMILES string of the molecule is CN=C(NCc1nccn1Cc1ccccc1)NCC1(N2CCOCC2)CCCCC1.I. The number of hydrogen-bond acceptors (Lipinski definition) is 4. The predicted molar refractivity (Wildman–Crippen MR) is 140 cm³/mol. The second-order valence-corrected chi connectivity index (χ2v) is 8.62. The lowest BCUT2D eigenvalue weighted by Crippen LogP contribution is -2.60. The number of morpholine rings is 1. The zero-order valence-electron chi connectivity index (χ0n) is 19.1. The molecule has 0 atom stereocenters. The molecule has 1 saturated heterocycles. The Hall–Kier alpha value is -1.65. The summed E-state index contributed by atoms with van der Waals surface area (Å²) in [6.45, 7) is 6.14. The van der Waals surface area contributed by atoms with Gasteiger partial charge in [-0.05, 0) is 18.4 Å². The fraction of sp³-hybridized carbons (Fsp3) is 0.583. The highest BCUT2D eigenvalue weighted by Gasteiger charge is 2.38. The van der Waals surface area contributed by atoms with E-state index in [9.17, 15) is 0 Å². The standard InChI is InChI=1S/C24H36N6O.HI/c1-25-23(27-18-22-26-12-13-29(22)19-21-8-4-2-5-9-21)28-20-24(10-6-3-7-11-24)30-14-16-31-17-15-30;/h2,4-5,8-9,12-13H,3,6-7,10-11,14-20H2,1H3,(H2,25,27,28);1H. The number of guanidine groups is 1. The Morgan fingerprint density at radius 3 is 2.56 bits per heavy atom. The second-order valence-electron chi connectivity index (χ2n) is 8.62. The maximum atomic E-state index is 5.61. The van der Waals surface area contributed by atoms with Crippen LogP contribution in [-0.4, -0.2) is 65.8 Å². The van der Waals surface area contributed by atoms with Crippen molar-refractivity contribution in [2.24, 2.45) is 4.99 Å². The van der Waals surface area contributed by atoms with Crippen molar-refractivity contribution in [2.75, 3.05) is 39.9 Å². The summed E-state index contributed by atoms with van der Waals surface area (Å²) in [5.41, 5.74) is 1.49. The molecule has 1 aliphatic heterocycles. The van der Waals surface area contributed by atoms with Crippen LogP contribution in [-0.2, 0) is 17.8 Å². The van der Waals surface area contributed by atoms with Crippen LogP contribution in [0.4, 0.5) is 0 Å². The molecule has 2 aromatic rings. The van der Waals surface area contributed by atoms with Crippen molar-refractivity contribution in [1.82, 2.24) is 25.1 Å². The number of nitrogens with one attached hydrogen (secondary N) is 2. The highest BCUT2D eigenvalue weighted by atomic mass is 127. The van der Waals surface area contributed by atoms with Gasteiger partial charge in [0.2, 0.25) is 0 Å². The molecule has 0 unspecified atom stereocenters. The van der Waals surface area contributed by atoms with Gasteiger partial charge in [-0.1, -0.05) is 49.6 Å². The number of ether oxygens (including phenoxy) is 1. The normalized spacial score (nSPS) is 19.2. The van der Waals surface area contributed by atoms with E-state index in [1.165, 1.54) is 37.7 Å². The summed E-state index contributed by atoms with van der Waals surface area (Å²) in [7, 11) is 1.84. The first-order chi connectivity index (χ1) is 15.3. The van der Waals surface area contributed by atoms with Gasteiger partial charge in [-0.2, -0.15) is 0 Å². The monoisotopic (exact) mass is 552 g/mol. The fourth-order valence-electron chi connectivity index (χ4n) is 4.92. The minimum atomic E-state index is 0. The van der Waals surface area contributed by atoms with Crippen molar-refractivity contribution in [3.05, 3.63) is 54.1 Å². The molecular weight excluding hydrogens is 515 g/mol. The van der Waals surface area contributed by atoms with E-state index in [1.54, 1.807) is 0 Å². The summed E-state index contributed by atoms with van der Waals surface area (Å²) in [4.78, 5) is 11.7. The maximum Gasteiger partial charge on any atom is 0.191 e. The number of benzene rings is 1. The molecule has 2 N–H and O–H groups in total. The van der Waals surface area contributed by atoms with E-state index in [4.69, 9.17) is 4.74 Å². The average Bonchev–Trinajstić information content (AvgIpc) is 3.28. The van der Waals surface area contributed by atoms with Crippen molar-refractivity contribution < 1.29 is 4.74 Å². The quantitative estimate of drug-likeness (QED) is 0.314. The van der Waals surface area contributed by atoms with Gasteiger partial charge in [0, 0.05) is 51.2 Å². The Labute approximate surface area is 209 Å². The number of nitrogens with zero attached hydrogens (tertiary/aromatic N) is 4. The Balaban J connectivity index is 0.00000289. The van der Waals surface area contributed by atoms with Crippen molar-refractivity contribution in [1.29, 1.82) is 0 Å². The Kier molecular flexibility index (Phi) is 9.80. The van der Waals surface area contributed by atoms with Crippen LogP contribution >= 0.6 is 24.0 Å². The summed E-state index contributed by atoms with van der Waals surface area (Å²) in [6.07, 6.45) is 10.4. The molecule has 176 valence electrons. The summed E-state index contributed by atoms with van der Waals surface area (Å²) in [5.74, 6) is 1.85. The molecule has 0 spiro atoms. The van der Waals surface area contributed by atoms with Crippen molar-refractivity contribution in [3.63, 3.8) is 0 Å². The topological polar surface area (TPSA) is 66.7 Å². The van der Waals surface area contributed by atoms with Gasteiger partial charge in [0.25, 0.3) is 0 Å². The van der Waals surface area contributed by atoms with E-state index >= 15 is 0 Å². The zero-order chi connectivity index (χ0) is 21.4. The lowest BCUT2D eigenvalue weighted by Gasteiger charge is -2.48. The minimum absolute atomic E-state index is 0. The number of imidazole rings is 1. The minimum Gasteiger partial charge on any atom is -0.379 e. The van der Waals surface area contributed by atoms with Gasteiger partial charge in [-0.25, -0.2) is 4.98 Å². The molecule has 7 nitrogen and oxygen atoms in total. The van der Waals surface area contributed by atoms with Crippen LogP contribution in [0.5, 0.6) is 0 Å². The van der Waals surface area contributed by atoms with Gasteiger partial charge in [0.15, 0.2) is 5.96 Å². The molecule has 2 aliphatic rings. The lowest BCUT2D eigenvalue weighted by molar-refractivity contribution is -0.0352. The van der Waals surface area contributed by atoms with Crippen LogP contribution in [0.25, 0.3) is 0 Å². The van der Waals surface area contributed by atoms with E-state index in [1.807, 2.05) is 25.5 Å². The van der Waals surface area contributed by atoms with Crippen LogP contribution in [0.1, 0.15) is 43.5 Å². The number of hydrogen-bond donors (Lipinski definition) is 2. The smallest absolute Gasteiger partial charge is 0.191 e. The van der Waals surface area contributed by atoms with Gasteiger partial charge < -0.3 is 19.9 Å². The van der Waals surface area contributed by atoms with Crippen molar-refractivity contribution in [3.8, 4) is 0 Å². The molecular formula is C24H37IN6O. The summed E-state index contributed by atoms with van der Waals surface area (Å²) < 4.78 is 7.80. The Morgan fingerprint density at radius 2 is 1.84 bits per heavy atom. The van der Waals surface area contributed by atoms with Gasteiger partial charge in [-0.15, -0.1) is 24.0 Å². The summed E-state index contributed by atoms with van der Waals surface area (Å²) in [6, 6.07) is 10.5. The van der Waals surface area contributed by atoms with E-state index < -0.39 is 0 Å². The molecule has 2 fully saturated rings. The van der Waals surface area contributed by atoms with Crippen LogP contribution < -0.4 is 10.6 Å². The molecule has 0 radical (unpaired) electrons. The van der Waals surface area contributed by atoms with Gasteiger partial charge in [0.05, 0.1) is 19.8 Å². The summed E-state index contributed by atoms with van der Waals surface area (Å²) in [5, 5.41) is 7.10.